The lowest BCUT2D eigenvalue weighted by Gasteiger charge is -2.40. The fraction of sp³-hybridized carbons (Fsp3) is 0.500. The molecule has 116 valence electrons. The van der Waals surface area contributed by atoms with Crippen LogP contribution in [0.4, 0.5) is 0 Å². The van der Waals surface area contributed by atoms with E-state index in [-0.39, 0.29) is 5.24 Å². The average Bonchev–Trinajstić information content (AvgIpc) is 2.48. The third-order valence-electron chi connectivity index (χ3n) is 3.19. The van der Waals surface area contributed by atoms with E-state index in [1.807, 2.05) is 6.07 Å². The van der Waals surface area contributed by atoms with Gasteiger partial charge in [0.2, 0.25) is 0 Å². The zero-order valence-electron chi connectivity index (χ0n) is 11.7. The van der Waals surface area contributed by atoms with Gasteiger partial charge in [-0.3, -0.25) is 0 Å². The van der Waals surface area contributed by atoms with Gasteiger partial charge in [-0.25, -0.2) is 0 Å². The Bertz CT molecular complexity index is 468. The maximum absolute atomic E-state index is 10.1. The molecule has 0 saturated carbocycles. The number of rotatable bonds is 3. The molecular formula is C14H18O6S. The van der Waals surface area contributed by atoms with Gasteiger partial charge in [0.15, 0.2) is 12.4 Å². The normalized spacial score (nSPS) is 32.5. The summed E-state index contributed by atoms with van der Waals surface area (Å²) >= 11 is 4.99. The number of benzene rings is 1. The van der Waals surface area contributed by atoms with Crippen molar-refractivity contribution in [2.45, 2.75) is 37.6 Å². The van der Waals surface area contributed by atoms with Gasteiger partial charge in [-0.15, -0.1) is 0 Å². The smallest absolute Gasteiger partial charge is 0.358 e. The van der Waals surface area contributed by atoms with E-state index in [0.29, 0.717) is 5.75 Å². The third-order valence-corrected chi connectivity index (χ3v) is 3.37. The molecule has 0 amide bonds. The Morgan fingerprint density at radius 1 is 1.19 bits per heavy atom. The van der Waals surface area contributed by atoms with Crippen LogP contribution in [0.1, 0.15) is 6.92 Å². The van der Waals surface area contributed by atoms with Gasteiger partial charge in [0.05, 0.1) is 6.10 Å². The second kappa shape index (κ2) is 7.15. The van der Waals surface area contributed by atoms with Crippen molar-refractivity contribution in [2.75, 3.05) is 7.11 Å². The molecule has 1 aromatic carbocycles. The molecule has 0 spiro atoms. The maximum Gasteiger partial charge on any atom is 0.358 e. The van der Waals surface area contributed by atoms with Crippen molar-refractivity contribution in [2.24, 2.45) is 0 Å². The van der Waals surface area contributed by atoms with Crippen LogP contribution in [0.2, 0.25) is 0 Å². The van der Waals surface area contributed by atoms with Crippen LogP contribution in [0.25, 0.3) is 0 Å². The summed E-state index contributed by atoms with van der Waals surface area (Å²) in [7, 11) is 1.40. The minimum atomic E-state index is -1.18. The minimum Gasteiger partial charge on any atom is -0.447 e. The van der Waals surface area contributed by atoms with Gasteiger partial charge in [-0.1, -0.05) is 18.2 Å². The molecule has 1 aromatic rings. The predicted molar refractivity (Wildman–Crippen MR) is 77.9 cm³/mol. The van der Waals surface area contributed by atoms with Gasteiger partial charge < -0.3 is 29.2 Å². The third kappa shape index (κ3) is 3.90. The van der Waals surface area contributed by atoms with Gasteiger partial charge >= 0.3 is 5.24 Å². The lowest BCUT2D eigenvalue weighted by molar-refractivity contribution is -0.284. The molecule has 0 unspecified atom stereocenters. The topological polar surface area (TPSA) is 77.4 Å². The summed E-state index contributed by atoms with van der Waals surface area (Å²) in [6, 6.07) is 8.85. The summed E-state index contributed by atoms with van der Waals surface area (Å²) in [6.45, 7) is 1.65. The van der Waals surface area contributed by atoms with Crippen molar-refractivity contribution in [3.05, 3.63) is 30.3 Å². The highest BCUT2D eigenvalue weighted by Gasteiger charge is 2.45. The highest BCUT2D eigenvalue weighted by atomic mass is 32.1. The van der Waals surface area contributed by atoms with E-state index in [2.05, 4.69) is 0 Å². The number of thiocarbonyl (C=S) groups is 1. The number of hydrogen-bond acceptors (Lipinski definition) is 7. The number of aliphatic hydroxyl groups excluding tert-OH is 2. The van der Waals surface area contributed by atoms with E-state index in [1.165, 1.54) is 7.11 Å². The molecular weight excluding hydrogens is 296 g/mol. The van der Waals surface area contributed by atoms with Crippen molar-refractivity contribution in [3.63, 3.8) is 0 Å². The van der Waals surface area contributed by atoms with Crippen LogP contribution in [0.15, 0.2) is 30.3 Å². The lowest BCUT2D eigenvalue weighted by Crippen LogP contribution is -2.58. The van der Waals surface area contributed by atoms with Crippen molar-refractivity contribution in [1.29, 1.82) is 0 Å². The number of ether oxygens (including phenoxy) is 4. The summed E-state index contributed by atoms with van der Waals surface area (Å²) in [4.78, 5) is 0. The highest BCUT2D eigenvalue weighted by Crippen LogP contribution is 2.24. The molecule has 1 aliphatic rings. The van der Waals surface area contributed by atoms with Crippen LogP contribution >= 0.6 is 12.2 Å². The molecule has 1 saturated heterocycles. The Kier molecular flexibility index (Phi) is 5.49. The van der Waals surface area contributed by atoms with Crippen LogP contribution in [0.5, 0.6) is 5.75 Å². The van der Waals surface area contributed by atoms with Gasteiger partial charge in [0.1, 0.15) is 18.0 Å². The first-order valence-electron chi connectivity index (χ1n) is 6.51. The summed E-state index contributed by atoms with van der Waals surface area (Å²) in [5, 5.41) is 20.0. The van der Waals surface area contributed by atoms with E-state index < -0.39 is 30.7 Å². The van der Waals surface area contributed by atoms with Crippen LogP contribution in [-0.4, -0.2) is 53.3 Å². The van der Waals surface area contributed by atoms with E-state index in [1.54, 1.807) is 31.2 Å². The second-order valence-electron chi connectivity index (χ2n) is 4.67. The molecule has 2 rings (SSSR count). The molecule has 0 bridgehead atoms. The predicted octanol–water partition coefficient (Wildman–Crippen LogP) is 0.849. The Morgan fingerprint density at radius 2 is 1.86 bits per heavy atom. The maximum atomic E-state index is 10.1. The Morgan fingerprint density at radius 3 is 2.48 bits per heavy atom. The molecule has 1 aliphatic heterocycles. The zero-order valence-corrected chi connectivity index (χ0v) is 12.5. The molecule has 1 heterocycles. The minimum absolute atomic E-state index is 0.187. The van der Waals surface area contributed by atoms with Crippen LogP contribution in [0.3, 0.4) is 0 Å². The molecule has 0 radical (unpaired) electrons. The Balaban J connectivity index is 2.00. The quantitative estimate of drug-likeness (QED) is 0.801. The first-order chi connectivity index (χ1) is 10.0. The van der Waals surface area contributed by atoms with Crippen LogP contribution in [-0.2, 0) is 14.2 Å². The van der Waals surface area contributed by atoms with Crippen molar-refractivity contribution >= 4 is 17.5 Å². The lowest BCUT2D eigenvalue weighted by atomic mass is 10.00. The molecule has 5 atom stereocenters. The summed E-state index contributed by atoms with van der Waals surface area (Å²) in [6.07, 6.45) is -4.69. The largest absolute Gasteiger partial charge is 0.447 e. The fourth-order valence-electron chi connectivity index (χ4n) is 2.05. The van der Waals surface area contributed by atoms with E-state index in [0.717, 1.165) is 0 Å². The highest BCUT2D eigenvalue weighted by molar-refractivity contribution is 7.79. The molecule has 6 nitrogen and oxygen atoms in total. The Labute approximate surface area is 128 Å². The monoisotopic (exact) mass is 314 g/mol. The number of methoxy groups -OCH3 is 1. The van der Waals surface area contributed by atoms with Gasteiger partial charge in [0, 0.05) is 19.3 Å². The standard InChI is InChI=1S/C14H18O6S/c1-8-10(15)12(11(16)13(17-2)18-8)20-14(21)19-9-6-4-3-5-7-9/h3-8,10-13,15-16H,1-2H3/t8-,10-,11+,12+,13+/m0/s1. The van der Waals surface area contributed by atoms with Crippen molar-refractivity contribution in [3.8, 4) is 5.75 Å². The first-order valence-corrected chi connectivity index (χ1v) is 6.91. The number of aliphatic hydroxyl groups is 2. The zero-order chi connectivity index (χ0) is 15.4. The molecule has 2 N–H and O–H groups in total. The molecule has 7 heteroatoms. The van der Waals surface area contributed by atoms with Gasteiger partial charge in [0.25, 0.3) is 0 Å². The van der Waals surface area contributed by atoms with Gasteiger partial charge in [-0.2, -0.15) is 0 Å². The fourth-order valence-corrected chi connectivity index (χ4v) is 2.26. The summed E-state index contributed by atoms with van der Waals surface area (Å²) in [5.41, 5.74) is 0. The Hall–Kier alpha value is -1.25. The SMILES string of the molecule is CO[C@@H]1O[C@@H](C)[C@H](O)[C@@H](OC(=S)Oc2ccccc2)[C@H]1O. The average molecular weight is 314 g/mol. The molecule has 0 aliphatic carbocycles. The van der Waals surface area contributed by atoms with E-state index in [9.17, 15) is 10.2 Å². The van der Waals surface area contributed by atoms with E-state index >= 15 is 0 Å². The number of hydrogen-bond donors (Lipinski definition) is 2. The first kappa shape index (κ1) is 16.1. The summed E-state index contributed by atoms with van der Waals surface area (Å²) in [5.74, 6) is 0.509. The molecule has 1 fully saturated rings. The van der Waals surface area contributed by atoms with Gasteiger partial charge in [-0.05, 0) is 19.1 Å². The van der Waals surface area contributed by atoms with E-state index in [4.69, 9.17) is 31.2 Å². The van der Waals surface area contributed by atoms with Crippen LogP contribution < -0.4 is 4.74 Å². The molecule has 0 aromatic heterocycles. The number of para-hydroxylation sites is 1. The molecule has 21 heavy (non-hydrogen) atoms. The van der Waals surface area contributed by atoms with Crippen LogP contribution in [0, 0.1) is 0 Å². The summed E-state index contributed by atoms with van der Waals surface area (Å²) < 4.78 is 21.0. The van der Waals surface area contributed by atoms with Crippen molar-refractivity contribution < 1.29 is 29.2 Å². The second-order valence-corrected chi connectivity index (χ2v) is 5.01. The van der Waals surface area contributed by atoms with Crippen molar-refractivity contribution in [1.82, 2.24) is 0 Å².